The third kappa shape index (κ3) is 3.58. The standard InChI is InChI=1S/C10H18N4S/c1-7-5-13-10(11-3)14-9(7)12-6-8(2)15-4/h5,8H,6H2,1-4H3,(H2,11,12,13,14). The second-order valence-corrected chi connectivity index (χ2v) is 4.68. The van der Waals surface area contributed by atoms with Crippen molar-refractivity contribution in [1.82, 2.24) is 9.97 Å². The fourth-order valence-corrected chi connectivity index (χ4v) is 1.32. The Hall–Kier alpha value is -0.970. The van der Waals surface area contributed by atoms with Gasteiger partial charge in [0.05, 0.1) is 0 Å². The van der Waals surface area contributed by atoms with Crippen LogP contribution in [0.4, 0.5) is 11.8 Å². The van der Waals surface area contributed by atoms with Gasteiger partial charge in [0.1, 0.15) is 5.82 Å². The van der Waals surface area contributed by atoms with Gasteiger partial charge in [-0.15, -0.1) is 0 Å². The quantitative estimate of drug-likeness (QED) is 0.804. The second-order valence-electron chi connectivity index (χ2n) is 3.40. The van der Waals surface area contributed by atoms with E-state index in [0.717, 1.165) is 17.9 Å². The van der Waals surface area contributed by atoms with Gasteiger partial charge in [0.25, 0.3) is 0 Å². The van der Waals surface area contributed by atoms with E-state index in [9.17, 15) is 0 Å². The second kappa shape index (κ2) is 5.80. The number of rotatable bonds is 5. The Morgan fingerprint density at radius 1 is 1.53 bits per heavy atom. The molecule has 1 aromatic heterocycles. The first-order chi connectivity index (χ1) is 7.17. The van der Waals surface area contributed by atoms with Crippen molar-refractivity contribution in [2.45, 2.75) is 19.1 Å². The van der Waals surface area contributed by atoms with Crippen molar-refractivity contribution >= 4 is 23.5 Å². The van der Waals surface area contributed by atoms with E-state index in [4.69, 9.17) is 0 Å². The molecule has 0 bridgehead atoms. The molecule has 0 radical (unpaired) electrons. The van der Waals surface area contributed by atoms with E-state index in [1.807, 2.05) is 31.9 Å². The Kier molecular flexibility index (Phi) is 4.68. The maximum Gasteiger partial charge on any atom is 0.224 e. The number of hydrogen-bond acceptors (Lipinski definition) is 5. The summed E-state index contributed by atoms with van der Waals surface area (Å²) in [6, 6.07) is 0. The first-order valence-electron chi connectivity index (χ1n) is 4.95. The third-order valence-electron chi connectivity index (χ3n) is 2.15. The van der Waals surface area contributed by atoms with Crippen molar-refractivity contribution in [3.05, 3.63) is 11.8 Å². The lowest BCUT2D eigenvalue weighted by molar-refractivity contribution is 0.979. The Labute approximate surface area is 95.3 Å². The first-order valence-corrected chi connectivity index (χ1v) is 6.24. The zero-order valence-electron chi connectivity index (χ0n) is 9.66. The fourth-order valence-electron chi connectivity index (χ4n) is 1.07. The molecular formula is C10H18N4S. The molecule has 1 aromatic rings. The highest BCUT2D eigenvalue weighted by Crippen LogP contribution is 2.13. The minimum Gasteiger partial charge on any atom is -0.369 e. The summed E-state index contributed by atoms with van der Waals surface area (Å²) in [7, 11) is 1.82. The van der Waals surface area contributed by atoms with Crippen LogP contribution in [0.1, 0.15) is 12.5 Å². The number of hydrogen-bond donors (Lipinski definition) is 2. The molecule has 84 valence electrons. The number of anilines is 2. The highest BCUT2D eigenvalue weighted by Gasteiger charge is 2.04. The van der Waals surface area contributed by atoms with Crippen LogP contribution in [0.2, 0.25) is 0 Å². The first kappa shape index (κ1) is 12.1. The number of aromatic nitrogens is 2. The van der Waals surface area contributed by atoms with Crippen molar-refractivity contribution in [2.24, 2.45) is 0 Å². The van der Waals surface area contributed by atoms with Crippen LogP contribution < -0.4 is 10.6 Å². The van der Waals surface area contributed by atoms with Crippen molar-refractivity contribution < 1.29 is 0 Å². The van der Waals surface area contributed by atoms with Crippen molar-refractivity contribution in [1.29, 1.82) is 0 Å². The maximum atomic E-state index is 4.35. The molecule has 0 saturated heterocycles. The normalized spacial score (nSPS) is 12.3. The molecule has 0 aliphatic rings. The van der Waals surface area contributed by atoms with Gasteiger partial charge in [-0.2, -0.15) is 16.7 Å². The van der Waals surface area contributed by atoms with Crippen LogP contribution >= 0.6 is 11.8 Å². The monoisotopic (exact) mass is 226 g/mol. The minimum absolute atomic E-state index is 0.581. The van der Waals surface area contributed by atoms with Crippen molar-refractivity contribution in [3.8, 4) is 0 Å². The molecule has 1 unspecified atom stereocenters. The van der Waals surface area contributed by atoms with E-state index in [2.05, 4.69) is 33.8 Å². The zero-order chi connectivity index (χ0) is 11.3. The number of nitrogens with one attached hydrogen (secondary N) is 2. The molecule has 0 aliphatic carbocycles. The third-order valence-corrected chi connectivity index (χ3v) is 3.13. The van der Waals surface area contributed by atoms with E-state index >= 15 is 0 Å². The van der Waals surface area contributed by atoms with Crippen LogP contribution in [0.15, 0.2) is 6.20 Å². The van der Waals surface area contributed by atoms with Gasteiger partial charge in [-0.05, 0) is 13.2 Å². The van der Waals surface area contributed by atoms with Gasteiger partial charge < -0.3 is 10.6 Å². The highest BCUT2D eigenvalue weighted by atomic mass is 32.2. The smallest absolute Gasteiger partial charge is 0.224 e. The SMILES string of the molecule is CNc1ncc(C)c(NCC(C)SC)n1. The van der Waals surface area contributed by atoms with Gasteiger partial charge in [-0.1, -0.05) is 6.92 Å². The zero-order valence-corrected chi connectivity index (χ0v) is 10.5. The lowest BCUT2D eigenvalue weighted by Crippen LogP contribution is -2.15. The molecule has 1 rings (SSSR count). The molecule has 0 amide bonds. The predicted molar refractivity (Wildman–Crippen MR) is 67.8 cm³/mol. The molecule has 15 heavy (non-hydrogen) atoms. The summed E-state index contributed by atoms with van der Waals surface area (Å²) < 4.78 is 0. The molecule has 0 spiro atoms. The Morgan fingerprint density at radius 3 is 2.87 bits per heavy atom. The van der Waals surface area contributed by atoms with E-state index in [1.165, 1.54) is 0 Å². The van der Waals surface area contributed by atoms with Gasteiger partial charge in [-0.25, -0.2) is 4.98 Å². The summed E-state index contributed by atoms with van der Waals surface area (Å²) in [6.45, 7) is 5.11. The Balaban J connectivity index is 2.66. The summed E-state index contributed by atoms with van der Waals surface area (Å²) in [4.78, 5) is 8.49. The van der Waals surface area contributed by atoms with E-state index < -0.39 is 0 Å². The predicted octanol–water partition coefficient (Wildman–Crippen LogP) is 1.99. The van der Waals surface area contributed by atoms with Crippen LogP contribution in [0, 0.1) is 6.92 Å². The molecule has 5 heteroatoms. The van der Waals surface area contributed by atoms with Gasteiger partial charge in [0.15, 0.2) is 0 Å². The summed E-state index contributed by atoms with van der Waals surface area (Å²) in [5, 5.41) is 6.84. The van der Waals surface area contributed by atoms with E-state index in [-0.39, 0.29) is 0 Å². The molecule has 0 aliphatic heterocycles. The largest absolute Gasteiger partial charge is 0.369 e. The molecule has 0 saturated carbocycles. The van der Waals surface area contributed by atoms with Gasteiger partial charge in [-0.3, -0.25) is 0 Å². The van der Waals surface area contributed by atoms with Crippen LogP contribution in [-0.4, -0.2) is 35.1 Å². The van der Waals surface area contributed by atoms with Crippen LogP contribution in [-0.2, 0) is 0 Å². The number of aryl methyl sites for hydroxylation is 1. The summed E-state index contributed by atoms with van der Waals surface area (Å²) in [6.07, 6.45) is 3.93. The molecule has 4 nitrogen and oxygen atoms in total. The highest BCUT2D eigenvalue weighted by molar-refractivity contribution is 7.99. The Morgan fingerprint density at radius 2 is 2.27 bits per heavy atom. The summed E-state index contributed by atoms with van der Waals surface area (Å²) in [5.41, 5.74) is 1.07. The average molecular weight is 226 g/mol. The summed E-state index contributed by atoms with van der Waals surface area (Å²) >= 11 is 1.84. The van der Waals surface area contributed by atoms with Crippen LogP contribution in [0.5, 0.6) is 0 Å². The van der Waals surface area contributed by atoms with Gasteiger partial charge in [0.2, 0.25) is 5.95 Å². The lowest BCUT2D eigenvalue weighted by Gasteiger charge is -2.12. The topological polar surface area (TPSA) is 49.8 Å². The molecular weight excluding hydrogens is 208 g/mol. The summed E-state index contributed by atoms with van der Waals surface area (Å²) in [5.74, 6) is 1.56. The minimum atomic E-state index is 0.581. The molecule has 0 fully saturated rings. The maximum absolute atomic E-state index is 4.35. The van der Waals surface area contributed by atoms with Crippen molar-refractivity contribution in [2.75, 3.05) is 30.5 Å². The Bertz CT molecular complexity index is 316. The number of nitrogens with zero attached hydrogens (tertiary/aromatic N) is 2. The van der Waals surface area contributed by atoms with Crippen molar-refractivity contribution in [3.63, 3.8) is 0 Å². The van der Waals surface area contributed by atoms with Crippen LogP contribution in [0.3, 0.4) is 0 Å². The molecule has 1 heterocycles. The van der Waals surface area contributed by atoms with E-state index in [1.54, 1.807) is 0 Å². The molecule has 1 atom stereocenters. The van der Waals surface area contributed by atoms with Crippen LogP contribution in [0.25, 0.3) is 0 Å². The molecule has 0 aromatic carbocycles. The lowest BCUT2D eigenvalue weighted by atomic mass is 10.3. The molecule has 2 N–H and O–H groups in total. The fraction of sp³-hybridized carbons (Fsp3) is 0.600. The van der Waals surface area contributed by atoms with Gasteiger partial charge in [0, 0.05) is 30.6 Å². The van der Waals surface area contributed by atoms with E-state index in [0.29, 0.717) is 11.2 Å². The van der Waals surface area contributed by atoms with Gasteiger partial charge >= 0.3 is 0 Å². The number of thioether (sulfide) groups is 1. The average Bonchev–Trinajstić information content (AvgIpc) is 2.27.